The zero-order chi connectivity index (χ0) is 20.1. The molecule has 1 aliphatic rings. The maximum absolute atomic E-state index is 13.2. The third-order valence-electron chi connectivity index (χ3n) is 5.18. The molecule has 6 nitrogen and oxygen atoms in total. The Labute approximate surface area is 163 Å². The highest BCUT2D eigenvalue weighted by Gasteiger charge is 2.44. The molecule has 2 aromatic carbocycles. The Morgan fingerprint density at radius 3 is 2.32 bits per heavy atom. The van der Waals surface area contributed by atoms with Crippen molar-refractivity contribution in [3.8, 4) is 0 Å². The van der Waals surface area contributed by atoms with E-state index < -0.39 is 11.4 Å². The van der Waals surface area contributed by atoms with Crippen LogP contribution >= 0.6 is 0 Å². The van der Waals surface area contributed by atoms with Gasteiger partial charge in [0, 0.05) is 31.3 Å². The molecule has 0 spiro atoms. The fourth-order valence-electron chi connectivity index (χ4n) is 3.72. The number of carbonyl (C=O) groups excluding carboxylic acids is 2. The normalized spacial score (nSPS) is 19.2. The lowest BCUT2D eigenvalue weighted by Gasteiger charge is -2.39. The average molecular weight is 381 g/mol. The van der Waals surface area contributed by atoms with Crippen LogP contribution in [0.3, 0.4) is 0 Å². The van der Waals surface area contributed by atoms with Crippen molar-refractivity contribution in [2.45, 2.75) is 12.8 Å². The van der Waals surface area contributed by atoms with Crippen LogP contribution < -0.4 is 0 Å². The zero-order valence-electron chi connectivity index (χ0n) is 15.8. The van der Waals surface area contributed by atoms with E-state index in [1.807, 2.05) is 6.07 Å². The van der Waals surface area contributed by atoms with E-state index in [4.69, 9.17) is 4.74 Å². The molecule has 28 heavy (non-hydrogen) atoms. The number of piperidine rings is 1. The second kappa shape index (κ2) is 8.35. The van der Waals surface area contributed by atoms with Crippen LogP contribution in [0, 0.1) is 5.41 Å². The number of carbonyl (C=O) groups is 3. The summed E-state index contributed by atoms with van der Waals surface area (Å²) >= 11 is 0. The van der Waals surface area contributed by atoms with Crippen molar-refractivity contribution in [1.82, 2.24) is 4.90 Å². The van der Waals surface area contributed by atoms with Gasteiger partial charge in [0.1, 0.15) is 5.41 Å². The minimum Gasteiger partial charge on any atom is -0.481 e. The van der Waals surface area contributed by atoms with Crippen LogP contribution in [-0.2, 0) is 9.53 Å². The number of aliphatic carboxylic acids is 1. The third-order valence-corrected chi connectivity index (χ3v) is 5.18. The first-order valence-electron chi connectivity index (χ1n) is 9.19. The average Bonchev–Trinajstić information content (AvgIpc) is 2.73. The van der Waals surface area contributed by atoms with Crippen molar-refractivity contribution in [2.24, 2.45) is 5.41 Å². The molecule has 1 heterocycles. The monoisotopic (exact) mass is 381 g/mol. The van der Waals surface area contributed by atoms with Crippen LogP contribution in [0.25, 0.3) is 0 Å². The molecule has 1 unspecified atom stereocenters. The van der Waals surface area contributed by atoms with E-state index in [0.717, 1.165) is 0 Å². The molecule has 0 radical (unpaired) electrons. The fraction of sp³-hybridized carbons (Fsp3) is 0.318. The van der Waals surface area contributed by atoms with Gasteiger partial charge in [0.15, 0.2) is 5.78 Å². The fourth-order valence-corrected chi connectivity index (χ4v) is 3.72. The minimum absolute atomic E-state index is 0.0384. The molecule has 0 aromatic heterocycles. The SMILES string of the molecule is COCC1(C(=O)O)CCCN(C(=O)c2ccccc2C(=O)c2ccccc2)C1. The minimum atomic E-state index is -1.12. The number of ketones is 1. The molecule has 1 saturated heterocycles. The highest BCUT2D eigenvalue weighted by Crippen LogP contribution is 2.32. The quantitative estimate of drug-likeness (QED) is 0.778. The number of hydrogen-bond donors (Lipinski definition) is 1. The number of rotatable bonds is 6. The van der Waals surface area contributed by atoms with Crippen LogP contribution in [0.15, 0.2) is 54.6 Å². The van der Waals surface area contributed by atoms with Crippen LogP contribution in [0.5, 0.6) is 0 Å². The molecule has 0 aliphatic carbocycles. The summed E-state index contributed by atoms with van der Waals surface area (Å²) in [5, 5.41) is 9.71. The predicted molar refractivity (Wildman–Crippen MR) is 103 cm³/mol. The Morgan fingerprint density at radius 1 is 1.04 bits per heavy atom. The van der Waals surface area contributed by atoms with E-state index in [0.29, 0.717) is 30.5 Å². The van der Waals surface area contributed by atoms with Gasteiger partial charge in [0.05, 0.1) is 12.2 Å². The van der Waals surface area contributed by atoms with Gasteiger partial charge in [-0.3, -0.25) is 14.4 Å². The lowest BCUT2D eigenvalue weighted by Crippen LogP contribution is -2.52. The topological polar surface area (TPSA) is 83.9 Å². The molecule has 0 bridgehead atoms. The van der Waals surface area contributed by atoms with Crippen molar-refractivity contribution >= 4 is 17.7 Å². The van der Waals surface area contributed by atoms with Gasteiger partial charge >= 0.3 is 5.97 Å². The second-order valence-corrected chi connectivity index (χ2v) is 7.09. The van der Waals surface area contributed by atoms with Gasteiger partial charge in [-0.25, -0.2) is 0 Å². The van der Waals surface area contributed by atoms with Crippen LogP contribution in [0.2, 0.25) is 0 Å². The third kappa shape index (κ3) is 3.82. The van der Waals surface area contributed by atoms with Crippen molar-refractivity contribution in [2.75, 3.05) is 26.8 Å². The Morgan fingerprint density at radius 2 is 1.68 bits per heavy atom. The van der Waals surface area contributed by atoms with E-state index in [1.54, 1.807) is 48.5 Å². The van der Waals surface area contributed by atoms with Gasteiger partial charge in [-0.05, 0) is 18.9 Å². The molecule has 1 atom stereocenters. The van der Waals surface area contributed by atoms with E-state index in [2.05, 4.69) is 0 Å². The molecule has 1 aliphatic heterocycles. The van der Waals surface area contributed by atoms with Crippen LogP contribution in [0.1, 0.15) is 39.1 Å². The van der Waals surface area contributed by atoms with Crippen LogP contribution in [0.4, 0.5) is 0 Å². The van der Waals surface area contributed by atoms with E-state index in [-0.39, 0.29) is 30.4 Å². The Bertz CT molecular complexity index is 876. The molecule has 3 rings (SSSR count). The number of ether oxygens (including phenoxy) is 1. The zero-order valence-corrected chi connectivity index (χ0v) is 15.8. The summed E-state index contributed by atoms with van der Waals surface area (Å²) in [6.45, 7) is 0.547. The first-order chi connectivity index (χ1) is 13.5. The second-order valence-electron chi connectivity index (χ2n) is 7.09. The van der Waals surface area contributed by atoms with Gasteiger partial charge in [-0.1, -0.05) is 48.5 Å². The molecular weight excluding hydrogens is 358 g/mol. The summed E-state index contributed by atoms with van der Waals surface area (Å²) in [7, 11) is 1.46. The molecule has 1 N–H and O–H groups in total. The van der Waals surface area contributed by atoms with Crippen molar-refractivity contribution in [3.63, 3.8) is 0 Å². The molecule has 146 valence electrons. The van der Waals surface area contributed by atoms with Gasteiger partial charge < -0.3 is 14.7 Å². The number of amides is 1. The van der Waals surface area contributed by atoms with Crippen molar-refractivity contribution in [1.29, 1.82) is 0 Å². The smallest absolute Gasteiger partial charge is 0.313 e. The first-order valence-corrected chi connectivity index (χ1v) is 9.19. The molecule has 1 amide bonds. The number of carboxylic acids is 1. The molecule has 0 saturated carbocycles. The number of carboxylic acid groups (broad SMARTS) is 1. The van der Waals surface area contributed by atoms with Gasteiger partial charge in [-0.15, -0.1) is 0 Å². The summed E-state index contributed by atoms with van der Waals surface area (Å²) < 4.78 is 5.13. The highest BCUT2D eigenvalue weighted by molar-refractivity contribution is 6.15. The maximum Gasteiger partial charge on any atom is 0.313 e. The first kappa shape index (κ1) is 19.8. The van der Waals surface area contributed by atoms with Crippen LogP contribution in [-0.4, -0.2) is 54.5 Å². The summed E-state index contributed by atoms with van der Waals surface area (Å²) in [6, 6.07) is 15.5. The van der Waals surface area contributed by atoms with Gasteiger partial charge in [0.25, 0.3) is 5.91 Å². The van der Waals surface area contributed by atoms with E-state index in [1.165, 1.54) is 12.0 Å². The Hall–Kier alpha value is -2.99. The summed E-state index contributed by atoms with van der Waals surface area (Å²) in [5.41, 5.74) is -0.0197. The Kier molecular flexibility index (Phi) is 5.90. The number of nitrogens with zero attached hydrogens (tertiary/aromatic N) is 1. The van der Waals surface area contributed by atoms with E-state index in [9.17, 15) is 19.5 Å². The molecule has 2 aromatic rings. The standard InChI is InChI=1S/C22H23NO5/c1-28-15-22(21(26)27)12-7-13-23(14-22)20(25)18-11-6-5-10-17(18)19(24)16-8-3-2-4-9-16/h2-6,8-11H,7,12-15H2,1H3,(H,26,27). The molecular formula is C22H23NO5. The lowest BCUT2D eigenvalue weighted by molar-refractivity contribution is -0.155. The maximum atomic E-state index is 13.2. The van der Waals surface area contributed by atoms with Crippen molar-refractivity contribution in [3.05, 3.63) is 71.3 Å². The molecule has 1 fully saturated rings. The summed E-state index contributed by atoms with van der Waals surface area (Å²) in [6.07, 6.45) is 1.01. The molecule has 6 heteroatoms. The van der Waals surface area contributed by atoms with Crippen molar-refractivity contribution < 1.29 is 24.2 Å². The predicted octanol–water partition coefficient (Wildman–Crippen LogP) is 2.87. The van der Waals surface area contributed by atoms with Gasteiger partial charge in [-0.2, -0.15) is 0 Å². The van der Waals surface area contributed by atoms with Gasteiger partial charge in [0.2, 0.25) is 0 Å². The number of likely N-dealkylation sites (tertiary alicyclic amines) is 1. The number of methoxy groups -OCH3 is 1. The largest absolute Gasteiger partial charge is 0.481 e. The number of benzene rings is 2. The number of hydrogen-bond acceptors (Lipinski definition) is 4. The lowest BCUT2D eigenvalue weighted by atomic mass is 9.80. The summed E-state index contributed by atoms with van der Waals surface area (Å²) in [5.74, 6) is -1.54. The highest BCUT2D eigenvalue weighted by atomic mass is 16.5. The Balaban J connectivity index is 1.91. The summed E-state index contributed by atoms with van der Waals surface area (Å²) in [4.78, 5) is 39.5. The van der Waals surface area contributed by atoms with E-state index >= 15 is 0 Å².